The highest BCUT2D eigenvalue weighted by Gasteiger charge is 2.34. The van der Waals surface area contributed by atoms with Gasteiger partial charge in [0.15, 0.2) is 14.7 Å². The lowest BCUT2D eigenvalue weighted by Crippen LogP contribution is -2.12. The fourth-order valence-electron chi connectivity index (χ4n) is 3.54. The van der Waals surface area contributed by atoms with Gasteiger partial charge in [-0.15, -0.1) is 12.6 Å². The van der Waals surface area contributed by atoms with Crippen molar-refractivity contribution in [2.75, 3.05) is 0 Å². The zero-order valence-corrected chi connectivity index (χ0v) is 17.1. The first kappa shape index (κ1) is 18.1. The molecule has 5 aromatic rings. The zero-order chi connectivity index (χ0) is 19.8. The van der Waals surface area contributed by atoms with E-state index in [4.69, 9.17) is 17.0 Å². The molecule has 29 heavy (non-hydrogen) atoms. The van der Waals surface area contributed by atoms with Gasteiger partial charge in [0, 0.05) is 0 Å². The number of benzene rings is 4. The molecule has 0 bridgehead atoms. The Labute approximate surface area is 176 Å². The molecule has 2 nitrogen and oxygen atoms in total. The lowest BCUT2D eigenvalue weighted by Gasteiger charge is -2.12. The second kappa shape index (κ2) is 7.47. The Balaban J connectivity index is 1.92. The maximum absolute atomic E-state index is 13.5. The van der Waals surface area contributed by atoms with Gasteiger partial charge in [0.2, 0.25) is 5.43 Å². The highest BCUT2D eigenvalue weighted by atomic mass is 32.2. The number of para-hydroxylation sites is 1. The third-order valence-electron chi connectivity index (χ3n) is 4.84. The number of thiol groups is 1. The molecule has 0 aliphatic carbocycles. The molecule has 0 saturated heterocycles. The summed E-state index contributed by atoms with van der Waals surface area (Å²) in [5, 5.41) is 1.19. The maximum atomic E-state index is 13.5. The lowest BCUT2D eigenvalue weighted by molar-refractivity contribution is 0.658. The van der Waals surface area contributed by atoms with Crippen LogP contribution in [0.1, 0.15) is 0 Å². The minimum absolute atomic E-state index is 0.0166. The summed E-state index contributed by atoms with van der Waals surface area (Å²) in [7, 11) is -0.490. The minimum atomic E-state index is -0.490. The fourth-order valence-corrected chi connectivity index (χ4v) is 6.28. The fraction of sp³-hybridized carbons (Fsp3) is 0. The Morgan fingerprint density at radius 1 is 0.655 bits per heavy atom. The molecule has 1 heterocycles. The van der Waals surface area contributed by atoms with Gasteiger partial charge in [-0.3, -0.25) is 4.79 Å². The Hall–Kier alpha value is -2.95. The third kappa shape index (κ3) is 3.15. The normalized spacial score (nSPS) is 11.4. The van der Waals surface area contributed by atoms with E-state index < -0.39 is 10.9 Å². The average Bonchev–Trinajstić information content (AvgIpc) is 2.77. The Morgan fingerprint density at radius 3 is 1.90 bits per heavy atom. The van der Waals surface area contributed by atoms with Crippen molar-refractivity contribution in [2.45, 2.75) is 19.6 Å². The van der Waals surface area contributed by atoms with Crippen LogP contribution in [0, 0.1) is 0 Å². The van der Waals surface area contributed by atoms with E-state index in [0.29, 0.717) is 21.9 Å². The predicted octanol–water partition coefficient (Wildman–Crippen LogP) is 6.33. The summed E-state index contributed by atoms with van der Waals surface area (Å²) in [5.41, 5.74) is 1.17. The highest BCUT2D eigenvalue weighted by molar-refractivity contribution is 7.97. The van der Waals surface area contributed by atoms with Crippen LogP contribution in [0.5, 0.6) is 0 Å². The van der Waals surface area contributed by atoms with Crippen LogP contribution in [-0.4, -0.2) is 0 Å². The van der Waals surface area contributed by atoms with Gasteiger partial charge < -0.3 is 4.42 Å². The van der Waals surface area contributed by atoms with Gasteiger partial charge in [0.1, 0.15) is 27.4 Å². The van der Waals surface area contributed by atoms with Gasteiger partial charge in [0.05, 0.1) is 10.3 Å². The summed E-state index contributed by atoms with van der Waals surface area (Å²) in [4.78, 5) is 17.5. The van der Waals surface area contributed by atoms with Gasteiger partial charge in [-0.05, 0) is 48.5 Å². The topological polar surface area (TPSA) is 30.2 Å². The Kier molecular flexibility index (Phi) is 4.66. The molecular weight excluding hydrogens is 396 g/mol. The molecule has 4 aromatic carbocycles. The van der Waals surface area contributed by atoms with Crippen molar-refractivity contribution in [3.8, 4) is 0 Å². The van der Waals surface area contributed by atoms with Crippen LogP contribution in [0.3, 0.4) is 0 Å². The molecule has 0 spiro atoms. The summed E-state index contributed by atoms with van der Waals surface area (Å²) in [6.07, 6.45) is 0. The maximum Gasteiger partial charge on any atom is 0.205 e. The van der Waals surface area contributed by atoms with Gasteiger partial charge in [-0.1, -0.05) is 48.5 Å². The molecular formula is C25H17O2S2+. The van der Waals surface area contributed by atoms with Crippen molar-refractivity contribution >= 4 is 45.5 Å². The molecule has 0 aliphatic rings. The van der Waals surface area contributed by atoms with Crippen molar-refractivity contribution < 1.29 is 4.42 Å². The third-order valence-corrected chi connectivity index (χ3v) is 7.68. The van der Waals surface area contributed by atoms with Crippen LogP contribution < -0.4 is 5.43 Å². The second-order valence-corrected chi connectivity index (χ2v) is 9.09. The van der Waals surface area contributed by atoms with E-state index in [9.17, 15) is 4.79 Å². The van der Waals surface area contributed by atoms with E-state index in [1.165, 1.54) is 0 Å². The number of fused-ring (bicyclic) bond motifs is 2. The van der Waals surface area contributed by atoms with Crippen molar-refractivity contribution in [1.29, 1.82) is 0 Å². The number of rotatable bonds is 3. The molecule has 140 valence electrons. The second-order valence-electron chi connectivity index (χ2n) is 6.65. The van der Waals surface area contributed by atoms with E-state index in [0.717, 1.165) is 19.6 Å². The smallest absolute Gasteiger partial charge is 0.205 e. The molecule has 0 N–H and O–H groups in total. The van der Waals surface area contributed by atoms with Gasteiger partial charge in [-0.2, -0.15) is 0 Å². The summed E-state index contributed by atoms with van der Waals surface area (Å²) in [5.74, 6) is 0. The highest BCUT2D eigenvalue weighted by Crippen LogP contribution is 2.38. The molecule has 1 aromatic heterocycles. The van der Waals surface area contributed by atoms with Crippen molar-refractivity contribution in [3.63, 3.8) is 0 Å². The van der Waals surface area contributed by atoms with Crippen LogP contribution in [0.4, 0.5) is 0 Å². The first-order chi connectivity index (χ1) is 14.2. The zero-order valence-electron chi connectivity index (χ0n) is 15.4. The summed E-state index contributed by atoms with van der Waals surface area (Å²) >= 11 is 4.78. The van der Waals surface area contributed by atoms with E-state index in [-0.39, 0.29) is 5.43 Å². The van der Waals surface area contributed by atoms with Gasteiger partial charge in [0.25, 0.3) is 0 Å². The van der Waals surface area contributed by atoms with Crippen molar-refractivity contribution in [3.05, 3.63) is 107 Å². The van der Waals surface area contributed by atoms with Crippen LogP contribution in [0.25, 0.3) is 21.9 Å². The average molecular weight is 414 g/mol. The van der Waals surface area contributed by atoms with Gasteiger partial charge in [-0.25, -0.2) is 0 Å². The van der Waals surface area contributed by atoms with E-state index in [1.54, 1.807) is 0 Å². The SMILES string of the molecule is O=c1c2ccccc2oc2ccc(S)c([S+](c3ccccc3)c3ccccc3)c12. The van der Waals surface area contributed by atoms with Crippen LogP contribution in [0.15, 0.2) is 126 Å². The largest absolute Gasteiger partial charge is 0.456 e. The Bertz CT molecular complexity index is 1340. The van der Waals surface area contributed by atoms with Crippen molar-refractivity contribution in [2.24, 2.45) is 0 Å². The molecule has 0 aliphatic heterocycles. The lowest BCUT2D eigenvalue weighted by atomic mass is 10.1. The standard InChI is InChI=1S/C25H16O2S2/c26-24-19-13-7-8-14-20(19)27-21-15-16-22(28)25(23(21)24)29(17-9-3-1-4-10-17)18-11-5-2-6-12-18/h1-16H/p+1. The van der Waals surface area contributed by atoms with E-state index >= 15 is 0 Å². The number of hydrogen-bond donors (Lipinski definition) is 1. The van der Waals surface area contributed by atoms with Crippen molar-refractivity contribution in [1.82, 2.24) is 0 Å². The molecule has 0 unspecified atom stereocenters. The first-order valence-electron chi connectivity index (χ1n) is 9.26. The van der Waals surface area contributed by atoms with E-state index in [2.05, 4.69) is 24.3 Å². The molecule has 0 atom stereocenters. The molecule has 0 radical (unpaired) electrons. The first-order valence-corrected chi connectivity index (χ1v) is 10.9. The monoisotopic (exact) mass is 413 g/mol. The van der Waals surface area contributed by atoms with Gasteiger partial charge >= 0.3 is 0 Å². The summed E-state index contributed by atoms with van der Waals surface area (Å²) in [6.45, 7) is 0. The summed E-state index contributed by atoms with van der Waals surface area (Å²) < 4.78 is 6.12. The summed E-state index contributed by atoms with van der Waals surface area (Å²) in [6, 6.07) is 31.7. The number of hydrogen-bond acceptors (Lipinski definition) is 3. The molecule has 0 amide bonds. The molecule has 0 fully saturated rings. The van der Waals surface area contributed by atoms with Crippen LogP contribution in [0.2, 0.25) is 0 Å². The quantitative estimate of drug-likeness (QED) is 0.213. The molecule has 5 rings (SSSR count). The van der Waals surface area contributed by atoms with Crippen LogP contribution in [-0.2, 0) is 10.9 Å². The van der Waals surface area contributed by atoms with Crippen LogP contribution >= 0.6 is 12.6 Å². The predicted molar refractivity (Wildman–Crippen MR) is 122 cm³/mol. The molecule has 4 heteroatoms. The molecule has 0 saturated carbocycles. The minimum Gasteiger partial charge on any atom is -0.456 e. The van der Waals surface area contributed by atoms with E-state index in [1.807, 2.05) is 72.8 Å². The Morgan fingerprint density at radius 2 is 1.24 bits per heavy atom.